The quantitative estimate of drug-likeness (QED) is 0.161. The van der Waals surface area contributed by atoms with E-state index in [2.05, 4.69) is 193 Å². The first kappa shape index (κ1) is 32.9. The van der Waals surface area contributed by atoms with Gasteiger partial charge in [0.2, 0.25) is 0 Å². The third kappa shape index (κ3) is 5.61. The van der Waals surface area contributed by atoms with Crippen LogP contribution in [0.2, 0.25) is 0 Å². The Morgan fingerprint density at radius 3 is 2.02 bits per heavy atom. The molecule has 1 heterocycles. The minimum Gasteiger partial charge on any atom is -0.309 e. The predicted molar refractivity (Wildman–Crippen MR) is 235 cm³/mol. The standard InChI is InChI=1S/C55H43N/c1-2-13-38(14-3-1)40-16-12-17-42(34-40)47-31-29-39-27-25-37(26-28-43-35-41-15-4-5-18-45(41)48-20-7-6-19-46(43)48)33-52(39)53-36-44(30-32-49(47)53)56-54-23-10-8-21-50(54)51-22-9-11-24-55(51)56/h1-25,27,30,32-34,36,43,47H,26,28-29,31,35H2. The average molecular weight is 718 g/mol. The van der Waals surface area contributed by atoms with Crippen LogP contribution in [0, 0.1) is 0 Å². The van der Waals surface area contributed by atoms with Crippen LogP contribution in [0.5, 0.6) is 0 Å². The van der Waals surface area contributed by atoms with Crippen molar-refractivity contribution < 1.29 is 0 Å². The molecule has 0 amide bonds. The van der Waals surface area contributed by atoms with Crippen molar-refractivity contribution in [3.63, 3.8) is 0 Å². The van der Waals surface area contributed by atoms with E-state index in [0.29, 0.717) is 5.92 Å². The van der Waals surface area contributed by atoms with Gasteiger partial charge in [-0.25, -0.2) is 0 Å². The summed E-state index contributed by atoms with van der Waals surface area (Å²) in [6.45, 7) is 0. The number of hydrogen-bond donors (Lipinski definition) is 0. The molecule has 8 aromatic carbocycles. The van der Waals surface area contributed by atoms with Crippen LogP contribution in [-0.2, 0) is 19.3 Å². The molecule has 9 aromatic rings. The third-order valence-electron chi connectivity index (χ3n) is 12.8. The van der Waals surface area contributed by atoms with E-state index in [0.717, 1.165) is 32.1 Å². The predicted octanol–water partition coefficient (Wildman–Crippen LogP) is 14.1. The Morgan fingerprint density at radius 1 is 0.464 bits per heavy atom. The largest absolute Gasteiger partial charge is 0.309 e. The van der Waals surface area contributed by atoms with Gasteiger partial charge in [-0.1, -0.05) is 164 Å². The van der Waals surface area contributed by atoms with Crippen LogP contribution in [0.25, 0.3) is 60.9 Å². The Morgan fingerprint density at radius 2 is 1.18 bits per heavy atom. The normalized spacial score (nSPS) is 15.8. The highest BCUT2D eigenvalue weighted by atomic mass is 15.0. The third-order valence-corrected chi connectivity index (χ3v) is 12.8. The number of rotatable bonds is 6. The molecule has 0 spiro atoms. The van der Waals surface area contributed by atoms with Crippen molar-refractivity contribution >= 4 is 21.8 Å². The molecule has 11 rings (SSSR count). The highest BCUT2D eigenvalue weighted by Gasteiger charge is 2.27. The van der Waals surface area contributed by atoms with Gasteiger partial charge in [0.05, 0.1) is 11.0 Å². The van der Waals surface area contributed by atoms with Gasteiger partial charge in [0, 0.05) is 22.4 Å². The maximum absolute atomic E-state index is 2.55. The topological polar surface area (TPSA) is 4.93 Å². The van der Waals surface area contributed by atoms with Crippen molar-refractivity contribution in [2.24, 2.45) is 0 Å². The molecule has 0 saturated heterocycles. The van der Waals surface area contributed by atoms with Crippen LogP contribution >= 0.6 is 0 Å². The van der Waals surface area contributed by atoms with Crippen LogP contribution in [0.3, 0.4) is 0 Å². The number of hydrogen-bond acceptors (Lipinski definition) is 0. The summed E-state index contributed by atoms with van der Waals surface area (Å²) in [6, 6.07) is 70.7. The van der Waals surface area contributed by atoms with E-state index in [9.17, 15) is 0 Å². The van der Waals surface area contributed by atoms with Gasteiger partial charge in [-0.15, -0.1) is 0 Å². The monoisotopic (exact) mass is 717 g/mol. The molecule has 1 aromatic heterocycles. The second-order valence-electron chi connectivity index (χ2n) is 15.9. The molecule has 0 bridgehead atoms. The van der Waals surface area contributed by atoms with Gasteiger partial charge in [0.25, 0.3) is 0 Å². The molecule has 0 saturated carbocycles. The van der Waals surface area contributed by atoms with Crippen LogP contribution in [0.4, 0.5) is 0 Å². The summed E-state index contributed by atoms with van der Waals surface area (Å²) >= 11 is 0. The molecule has 1 nitrogen and oxygen atoms in total. The van der Waals surface area contributed by atoms with Crippen molar-refractivity contribution in [3.05, 3.63) is 221 Å². The zero-order valence-corrected chi connectivity index (χ0v) is 31.5. The smallest absolute Gasteiger partial charge is 0.0541 e. The summed E-state index contributed by atoms with van der Waals surface area (Å²) in [5, 5.41) is 2.59. The molecule has 2 aliphatic rings. The molecule has 56 heavy (non-hydrogen) atoms. The van der Waals surface area contributed by atoms with E-state index in [1.807, 2.05) is 0 Å². The summed E-state index contributed by atoms with van der Waals surface area (Å²) in [5.74, 6) is 0.797. The summed E-state index contributed by atoms with van der Waals surface area (Å²) in [5.41, 5.74) is 20.5. The van der Waals surface area contributed by atoms with Crippen LogP contribution in [-0.4, -0.2) is 4.57 Å². The zero-order chi connectivity index (χ0) is 37.0. The molecular weight excluding hydrogens is 675 g/mol. The van der Waals surface area contributed by atoms with E-state index in [4.69, 9.17) is 0 Å². The SMILES string of the molecule is c1ccc(-c2cccc(C3CCc4ccc(CCC5Cc6ccccc6-c6ccccc65)cc4-c4cc(-n5c6ccccc6c6ccccc65)ccc43)c2)cc1. The van der Waals surface area contributed by atoms with Crippen molar-refractivity contribution in [1.29, 1.82) is 0 Å². The maximum Gasteiger partial charge on any atom is 0.0541 e. The lowest BCUT2D eigenvalue weighted by molar-refractivity contribution is 0.616. The Balaban J connectivity index is 1.03. The first-order valence-corrected chi connectivity index (χ1v) is 20.3. The molecule has 268 valence electrons. The van der Waals surface area contributed by atoms with Gasteiger partial charge < -0.3 is 4.57 Å². The average Bonchev–Trinajstić information content (AvgIpc) is 3.51. The fourth-order valence-corrected chi connectivity index (χ4v) is 10.1. The van der Waals surface area contributed by atoms with Gasteiger partial charge in [-0.05, 0) is 129 Å². The van der Waals surface area contributed by atoms with E-state index in [1.165, 1.54) is 94.3 Å². The second-order valence-corrected chi connectivity index (χ2v) is 15.9. The lowest BCUT2D eigenvalue weighted by Crippen LogP contribution is -2.12. The number of benzene rings is 8. The molecule has 2 atom stereocenters. The second kappa shape index (κ2) is 13.7. The molecule has 0 aliphatic heterocycles. The fourth-order valence-electron chi connectivity index (χ4n) is 10.1. The molecule has 0 radical (unpaired) electrons. The molecule has 1 heteroatoms. The Hall–Kier alpha value is -6.44. The van der Waals surface area contributed by atoms with E-state index in [1.54, 1.807) is 0 Å². The number of aromatic nitrogens is 1. The molecule has 2 aliphatic carbocycles. The van der Waals surface area contributed by atoms with Crippen molar-refractivity contribution in [2.45, 2.75) is 43.9 Å². The Labute approximate surface area is 329 Å². The number of fused-ring (bicyclic) bond motifs is 9. The lowest BCUT2D eigenvalue weighted by atomic mass is 9.76. The van der Waals surface area contributed by atoms with Gasteiger partial charge >= 0.3 is 0 Å². The van der Waals surface area contributed by atoms with Gasteiger partial charge in [0.1, 0.15) is 0 Å². The summed E-state index contributed by atoms with van der Waals surface area (Å²) in [7, 11) is 0. The van der Waals surface area contributed by atoms with Crippen LogP contribution in [0.15, 0.2) is 188 Å². The number of aryl methyl sites for hydroxylation is 2. The highest BCUT2D eigenvalue weighted by molar-refractivity contribution is 6.09. The minimum absolute atomic E-state index is 0.288. The van der Waals surface area contributed by atoms with Gasteiger partial charge in [-0.2, -0.15) is 0 Å². The van der Waals surface area contributed by atoms with E-state index < -0.39 is 0 Å². The zero-order valence-electron chi connectivity index (χ0n) is 31.5. The van der Waals surface area contributed by atoms with Crippen molar-refractivity contribution in [1.82, 2.24) is 4.57 Å². The van der Waals surface area contributed by atoms with Gasteiger partial charge in [-0.3, -0.25) is 0 Å². The summed E-state index contributed by atoms with van der Waals surface area (Å²) < 4.78 is 2.47. The minimum atomic E-state index is 0.288. The first-order chi connectivity index (χ1) is 27.8. The van der Waals surface area contributed by atoms with E-state index in [-0.39, 0.29) is 5.92 Å². The Kier molecular flexibility index (Phi) is 8.06. The van der Waals surface area contributed by atoms with Crippen LogP contribution < -0.4 is 0 Å². The maximum atomic E-state index is 2.55. The first-order valence-electron chi connectivity index (χ1n) is 20.3. The van der Waals surface area contributed by atoms with Crippen molar-refractivity contribution in [2.75, 3.05) is 0 Å². The summed E-state index contributed by atoms with van der Waals surface area (Å²) in [4.78, 5) is 0. The molecule has 2 unspecified atom stereocenters. The molecular formula is C55H43N. The lowest BCUT2D eigenvalue weighted by Gasteiger charge is -2.28. The summed E-state index contributed by atoms with van der Waals surface area (Å²) in [6.07, 6.45) is 5.41. The number of para-hydroxylation sites is 2. The fraction of sp³-hybridized carbons (Fsp3) is 0.127. The molecule has 0 N–H and O–H groups in total. The number of nitrogens with zero attached hydrogens (tertiary/aromatic N) is 1. The van der Waals surface area contributed by atoms with Crippen LogP contribution in [0.1, 0.15) is 58.1 Å². The van der Waals surface area contributed by atoms with E-state index >= 15 is 0 Å². The molecule has 0 fully saturated rings. The highest BCUT2D eigenvalue weighted by Crippen LogP contribution is 2.45. The Bertz CT molecular complexity index is 2860. The van der Waals surface area contributed by atoms with Crippen molar-refractivity contribution in [3.8, 4) is 39.1 Å². The van der Waals surface area contributed by atoms with Gasteiger partial charge in [0.15, 0.2) is 0 Å².